The second kappa shape index (κ2) is 7.39. The van der Waals surface area contributed by atoms with Crippen molar-refractivity contribution in [2.75, 3.05) is 25.6 Å². The van der Waals surface area contributed by atoms with Crippen LogP contribution < -0.4 is 5.73 Å². The Morgan fingerprint density at radius 2 is 2.00 bits per heavy atom. The van der Waals surface area contributed by atoms with Crippen molar-refractivity contribution in [1.29, 1.82) is 0 Å². The number of rotatable bonds is 6. The zero-order valence-corrected chi connectivity index (χ0v) is 12.9. The Hall–Kier alpha value is -0.220. The van der Waals surface area contributed by atoms with Crippen molar-refractivity contribution in [2.45, 2.75) is 51.5 Å². The first-order chi connectivity index (χ1) is 8.54. The lowest BCUT2D eigenvalue weighted by Gasteiger charge is -2.37. The van der Waals surface area contributed by atoms with Crippen molar-refractivity contribution >= 4 is 17.7 Å². The van der Waals surface area contributed by atoms with Crippen LogP contribution in [0.1, 0.15) is 45.4 Å². The molecule has 1 amide bonds. The molecule has 0 aromatic heterocycles. The van der Waals surface area contributed by atoms with Crippen LogP contribution >= 0.6 is 11.8 Å². The van der Waals surface area contributed by atoms with Crippen LogP contribution in [0.15, 0.2) is 0 Å². The second-order valence-electron chi connectivity index (χ2n) is 5.75. The van der Waals surface area contributed by atoms with Gasteiger partial charge in [0, 0.05) is 25.3 Å². The van der Waals surface area contributed by atoms with E-state index in [0.29, 0.717) is 19.0 Å². The molecule has 0 aromatic rings. The molecule has 0 saturated heterocycles. The molecule has 1 aliphatic carbocycles. The third-order valence-corrected chi connectivity index (χ3v) is 5.15. The third-order valence-electron chi connectivity index (χ3n) is 4.34. The normalized spacial score (nSPS) is 20.4. The minimum absolute atomic E-state index is 0.0860. The van der Waals surface area contributed by atoms with Gasteiger partial charge in [-0.1, -0.05) is 19.3 Å². The minimum Gasteiger partial charge on any atom is -0.342 e. The lowest BCUT2D eigenvalue weighted by molar-refractivity contribution is -0.134. The lowest BCUT2D eigenvalue weighted by atomic mass is 9.71. The maximum atomic E-state index is 12.4. The van der Waals surface area contributed by atoms with Crippen molar-refractivity contribution in [1.82, 2.24) is 4.90 Å². The molecule has 1 unspecified atom stereocenters. The zero-order valence-electron chi connectivity index (χ0n) is 12.1. The van der Waals surface area contributed by atoms with Crippen LogP contribution in [0.2, 0.25) is 0 Å². The molecule has 106 valence electrons. The van der Waals surface area contributed by atoms with Crippen molar-refractivity contribution in [2.24, 2.45) is 11.1 Å². The van der Waals surface area contributed by atoms with Gasteiger partial charge in [-0.2, -0.15) is 11.8 Å². The quantitative estimate of drug-likeness (QED) is 0.808. The molecular weight excluding hydrogens is 244 g/mol. The monoisotopic (exact) mass is 272 g/mol. The third kappa shape index (κ3) is 4.16. The summed E-state index contributed by atoms with van der Waals surface area (Å²) >= 11 is 1.79. The molecule has 1 aliphatic rings. The molecule has 0 radical (unpaired) electrons. The SMILES string of the molecule is CSCC(C)N(C)C(=O)CC1(CN)CCCCC1. The molecule has 0 bridgehead atoms. The first-order valence-electron chi connectivity index (χ1n) is 6.99. The molecule has 1 atom stereocenters. The van der Waals surface area contributed by atoms with E-state index in [-0.39, 0.29) is 11.3 Å². The van der Waals surface area contributed by atoms with Crippen molar-refractivity contribution < 1.29 is 4.79 Å². The molecular formula is C14H28N2OS. The molecule has 0 aromatic carbocycles. The standard InChI is InChI=1S/C14H28N2OS/c1-12(10-18-3)16(2)13(17)9-14(11-15)7-5-4-6-8-14/h12H,4-11,15H2,1-3H3. The summed E-state index contributed by atoms with van der Waals surface area (Å²) in [5.74, 6) is 1.27. The van der Waals surface area contributed by atoms with Crippen LogP contribution in [0, 0.1) is 5.41 Å². The van der Waals surface area contributed by atoms with Gasteiger partial charge >= 0.3 is 0 Å². The van der Waals surface area contributed by atoms with E-state index < -0.39 is 0 Å². The summed E-state index contributed by atoms with van der Waals surface area (Å²) in [7, 11) is 1.93. The summed E-state index contributed by atoms with van der Waals surface area (Å²) in [6.07, 6.45) is 8.73. The maximum absolute atomic E-state index is 12.4. The van der Waals surface area contributed by atoms with Gasteiger partial charge in [-0.15, -0.1) is 0 Å². The smallest absolute Gasteiger partial charge is 0.223 e. The van der Waals surface area contributed by atoms with Gasteiger partial charge in [0.25, 0.3) is 0 Å². The number of hydrogen-bond donors (Lipinski definition) is 1. The summed E-state index contributed by atoms with van der Waals surface area (Å²) in [5.41, 5.74) is 6.03. The molecule has 1 rings (SSSR count). The van der Waals surface area contributed by atoms with Crippen LogP contribution in [0.3, 0.4) is 0 Å². The van der Waals surface area contributed by atoms with Gasteiger partial charge < -0.3 is 10.6 Å². The summed E-state index contributed by atoms with van der Waals surface area (Å²) in [5, 5.41) is 0. The molecule has 0 spiro atoms. The zero-order chi connectivity index (χ0) is 13.6. The van der Waals surface area contributed by atoms with Crippen molar-refractivity contribution in [3.05, 3.63) is 0 Å². The molecule has 1 fully saturated rings. The van der Waals surface area contributed by atoms with Crippen molar-refractivity contribution in [3.63, 3.8) is 0 Å². The van der Waals surface area contributed by atoms with Crippen LogP contribution in [-0.4, -0.2) is 42.4 Å². The second-order valence-corrected chi connectivity index (χ2v) is 6.66. The van der Waals surface area contributed by atoms with Gasteiger partial charge in [0.05, 0.1) is 0 Å². The van der Waals surface area contributed by atoms with Crippen LogP contribution in [0.5, 0.6) is 0 Å². The Bertz CT molecular complexity index is 265. The molecule has 0 heterocycles. The predicted molar refractivity (Wildman–Crippen MR) is 79.8 cm³/mol. The minimum atomic E-state index is 0.0860. The van der Waals surface area contributed by atoms with E-state index in [9.17, 15) is 4.79 Å². The first-order valence-corrected chi connectivity index (χ1v) is 8.39. The van der Waals surface area contributed by atoms with Gasteiger partial charge in [-0.3, -0.25) is 4.79 Å². The van der Waals surface area contributed by atoms with E-state index in [2.05, 4.69) is 13.2 Å². The number of thioether (sulfide) groups is 1. The summed E-state index contributed by atoms with van der Waals surface area (Å²) in [6, 6.07) is 0.311. The average molecular weight is 272 g/mol. The van der Waals surface area contributed by atoms with Crippen LogP contribution in [-0.2, 0) is 4.79 Å². The van der Waals surface area contributed by atoms with Gasteiger partial charge in [0.2, 0.25) is 5.91 Å². The summed E-state index contributed by atoms with van der Waals surface area (Å²) < 4.78 is 0. The van der Waals surface area contributed by atoms with Gasteiger partial charge in [0.1, 0.15) is 0 Å². The highest BCUT2D eigenvalue weighted by atomic mass is 32.2. The number of carbonyl (C=O) groups is 1. The highest BCUT2D eigenvalue weighted by Gasteiger charge is 2.34. The largest absolute Gasteiger partial charge is 0.342 e. The van der Waals surface area contributed by atoms with Gasteiger partial charge in [-0.05, 0) is 38.0 Å². The summed E-state index contributed by atoms with van der Waals surface area (Å²) in [6.45, 7) is 2.77. The van der Waals surface area contributed by atoms with E-state index in [0.717, 1.165) is 18.6 Å². The predicted octanol–water partition coefficient (Wildman–Crippen LogP) is 2.50. The topological polar surface area (TPSA) is 46.3 Å². The maximum Gasteiger partial charge on any atom is 0.223 e. The Labute approximate surface area is 116 Å². The van der Waals surface area contributed by atoms with Crippen LogP contribution in [0.4, 0.5) is 0 Å². The fourth-order valence-electron chi connectivity index (χ4n) is 2.80. The molecule has 0 aliphatic heterocycles. The van der Waals surface area contributed by atoms with E-state index in [1.807, 2.05) is 11.9 Å². The fourth-order valence-corrected chi connectivity index (χ4v) is 3.51. The molecule has 2 N–H and O–H groups in total. The Morgan fingerprint density at radius 1 is 1.39 bits per heavy atom. The number of hydrogen-bond acceptors (Lipinski definition) is 3. The van der Waals surface area contributed by atoms with E-state index in [1.165, 1.54) is 19.3 Å². The molecule has 3 nitrogen and oxygen atoms in total. The number of nitrogens with two attached hydrogens (primary N) is 1. The fraction of sp³-hybridized carbons (Fsp3) is 0.929. The number of amides is 1. The highest BCUT2D eigenvalue weighted by molar-refractivity contribution is 7.98. The van der Waals surface area contributed by atoms with E-state index >= 15 is 0 Å². The van der Waals surface area contributed by atoms with Crippen molar-refractivity contribution in [3.8, 4) is 0 Å². The van der Waals surface area contributed by atoms with Gasteiger partial charge in [-0.25, -0.2) is 0 Å². The first kappa shape index (κ1) is 15.8. The molecule has 4 heteroatoms. The number of carbonyl (C=O) groups excluding carboxylic acids is 1. The Morgan fingerprint density at radius 3 is 2.50 bits per heavy atom. The average Bonchev–Trinajstić information content (AvgIpc) is 2.39. The number of nitrogens with zero attached hydrogens (tertiary/aromatic N) is 1. The summed E-state index contributed by atoms with van der Waals surface area (Å²) in [4.78, 5) is 14.3. The van der Waals surface area contributed by atoms with E-state index in [1.54, 1.807) is 11.8 Å². The molecule has 18 heavy (non-hydrogen) atoms. The van der Waals surface area contributed by atoms with Crippen LogP contribution in [0.25, 0.3) is 0 Å². The van der Waals surface area contributed by atoms with Gasteiger partial charge in [0.15, 0.2) is 0 Å². The highest BCUT2D eigenvalue weighted by Crippen LogP contribution is 2.38. The Balaban J connectivity index is 2.55. The van der Waals surface area contributed by atoms with E-state index in [4.69, 9.17) is 5.73 Å². The Kier molecular flexibility index (Phi) is 6.50. The molecule has 1 saturated carbocycles. The lowest BCUT2D eigenvalue weighted by Crippen LogP contribution is -2.42.